The van der Waals surface area contributed by atoms with E-state index in [9.17, 15) is 9.59 Å². The van der Waals surface area contributed by atoms with Gasteiger partial charge in [-0.1, -0.05) is 29.3 Å². The third-order valence-electron chi connectivity index (χ3n) is 4.17. The van der Waals surface area contributed by atoms with Gasteiger partial charge in [0, 0.05) is 12.7 Å². The predicted octanol–water partition coefficient (Wildman–Crippen LogP) is 4.82. The fourth-order valence-electron chi connectivity index (χ4n) is 2.60. The number of carbonyl (C=O) groups is 2. The van der Waals surface area contributed by atoms with Crippen LogP contribution in [0.1, 0.15) is 15.9 Å². The molecule has 0 fully saturated rings. The Morgan fingerprint density at radius 1 is 0.900 bits per heavy atom. The van der Waals surface area contributed by atoms with Crippen LogP contribution < -0.4 is 20.1 Å². The molecule has 0 saturated carbocycles. The molecule has 0 atom stereocenters. The van der Waals surface area contributed by atoms with Crippen molar-refractivity contribution in [3.05, 3.63) is 82.9 Å². The first kappa shape index (κ1) is 21.2. The van der Waals surface area contributed by atoms with Gasteiger partial charge in [-0.25, -0.2) is 0 Å². The van der Waals surface area contributed by atoms with Gasteiger partial charge in [0.05, 0.1) is 10.6 Å². The van der Waals surface area contributed by atoms with E-state index >= 15 is 0 Å². The zero-order valence-electron chi connectivity index (χ0n) is 16.6. The second-order valence-corrected chi connectivity index (χ2v) is 6.90. The molecule has 2 amide bonds. The highest BCUT2D eigenvalue weighted by Crippen LogP contribution is 2.24. The van der Waals surface area contributed by atoms with Gasteiger partial charge < -0.3 is 20.1 Å². The highest BCUT2D eigenvalue weighted by Gasteiger charge is 2.11. The van der Waals surface area contributed by atoms with E-state index < -0.39 is 0 Å². The topological polar surface area (TPSA) is 76.7 Å². The van der Waals surface area contributed by atoms with E-state index in [0.717, 1.165) is 11.3 Å². The molecule has 3 rings (SSSR count). The van der Waals surface area contributed by atoms with Crippen LogP contribution in [0.4, 0.5) is 5.69 Å². The van der Waals surface area contributed by atoms with Gasteiger partial charge in [-0.15, -0.1) is 0 Å². The number of amides is 2. The van der Waals surface area contributed by atoms with E-state index in [-0.39, 0.29) is 24.0 Å². The van der Waals surface area contributed by atoms with Crippen molar-refractivity contribution in [3.63, 3.8) is 0 Å². The summed E-state index contributed by atoms with van der Waals surface area (Å²) in [5.41, 5.74) is 1.89. The highest BCUT2D eigenvalue weighted by molar-refractivity contribution is 6.34. The molecule has 7 heteroatoms. The van der Waals surface area contributed by atoms with E-state index in [1.807, 2.05) is 31.2 Å². The van der Waals surface area contributed by atoms with Crippen molar-refractivity contribution in [1.29, 1.82) is 0 Å². The van der Waals surface area contributed by atoms with Crippen molar-refractivity contribution in [2.45, 2.75) is 6.92 Å². The maximum absolute atomic E-state index is 12.2. The van der Waals surface area contributed by atoms with E-state index in [0.29, 0.717) is 22.2 Å². The third-order valence-corrected chi connectivity index (χ3v) is 4.50. The molecular formula is C23H21ClN2O4. The van der Waals surface area contributed by atoms with Gasteiger partial charge >= 0.3 is 0 Å². The number of benzene rings is 3. The largest absolute Gasteiger partial charge is 0.484 e. The normalized spacial score (nSPS) is 10.2. The molecule has 0 spiro atoms. The van der Waals surface area contributed by atoms with Gasteiger partial charge in [-0.05, 0) is 61.5 Å². The minimum atomic E-state index is -0.361. The van der Waals surface area contributed by atoms with E-state index in [2.05, 4.69) is 10.6 Å². The lowest BCUT2D eigenvalue weighted by atomic mass is 10.2. The van der Waals surface area contributed by atoms with Crippen LogP contribution in [-0.2, 0) is 4.79 Å². The Kier molecular flexibility index (Phi) is 6.93. The molecule has 6 nitrogen and oxygen atoms in total. The lowest BCUT2D eigenvalue weighted by Gasteiger charge is -2.10. The molecule has 30 heavy (non-hydrogen) atoms. The molecule has 0 radical (unpaired) electrons. The molecule has 0 aliphatic heterocycles. The van der Waals surface area contributed by atoms with Gasteiger partial charge in [-0.3, -0.25) is 9.59 Å². The van der Waals surface area contributed by atoms with Crippen molar-refractivity contribution < 1.29 is 19.1 Å². The standard InChI is InChI=1S/C23H21ClN2O4/c1-15-3-6-18(7-4-15)30-19-10-8-17(9-11-19)29-14-22(27)26-16-5-12-21(24)20(13-16)23(28)25-2/h3-13H,14H2,1-2H3,(H,25,28)(H,26,27). The Morgan fingerprint density at radius 3 is 2.13 bits per heavy atom. The number of nitrogens with one attached hydrogen (secondary N) is 2. The maximum Gasteiger partial charge on any atom is 0.262 e. The summed E-state index contributed by atoms with van der Waals surface area (Å²) in [4.78, 5) is 24.0. The number of anilines is 1. The Bertz CT molecular complexity index is 1030. The monoisotopic (exact) mass is 424 g/mol. The first-order valence-electron chi connectivity index (χ1n) is 9.23. The van der Waals surface area contributed by atoms with Crippen molar-refractivity contribution >= 4 is 29.1 Å². The van der Waals surface area contributed by atoms with Crippen LogP contribution in [0.25, 0.3) is 0 Å². The van der Waals surface area contributed by atoms with Crippen LogP contribution in [-0.4, -0.2) is 25.5 Å². The van der Waals surface area contributed by atoms with E-state index in [4.69, 9.17) is 21.1 Å². The minimum absolute atomic E-state index is 0.184. The van der Waals surface area contributed by atoms with Gasteiger partial charge in [-0.2, -0.15) is 0 Å². The molecule has 0 saturated heterocycles. The third kappa shape index (κ3) is 5.75. The number of hydrogen-bond donors (Lipinski definition) is 2. The molecule has 0 unspecified atom stereocenters. The summed E-state index contributed by atoms with van der Waals surface area (Å²) in [7, 11) is 1.51. The lowest BCUT2D eigenvalue weighted by Crippen LogP contribution is -2.21. The van der Waals surface area contributed by atoms with Crippen molar-refractivity contribution in [2.75, 3.05) is 19.0 Å². The lowest BCUT2D eigenvalue weighted by molar-refractivity contribution is -0.118. The summed E-state index contributed by atoms with van der Waals surface area (Å²) in [5, 5.41) is 5.48. The number of carbonyl (C=O) groups excluding carboxylic acids is 2. The first-order chi connectivity index (χ1) is 14.4. The summed E-state index contributed by atoms with van der Waals surface area (Å²) in [6, 6.07) is 19.4. The van der Waals surface area contributed by atoms with E-state index in [1.165, 1.54) is 13.1 Å². The first-order valence-corrected chi connectivity index (χ1v) is 9.61. The number of rotatable bonds is 7. The zero-order chi connectivity index (χ0) is 21.5. The summed E-state index contributed by atoms with van der Waals surface area (Å²) < 4.78 is 11.3. The molecular weight excluding hydrogens is 404 g/mol. The number of aryl methyl sites for hydroxylation is 1. The second-order valence-electron chi connectivity index (χ2n) is 6.50. The Morgan fingerprint density at radius 2 is 1.50 bits per heavy atom. The molecule has 0 bridgehead atoms. The number of halogens is 1. The van der Waals surface area contributed by atoms with Crippen LogP contribution in [0.3, 0.4) is 0 Å². The maximum atomic E-state index is 12.2. The van der Waals surface area contributed by atoms with Crippen LogP contribution in [0, 0.1) is 6.92 Å². The average Bonchev–Trinajstić information content (AvgIpc) is 2.75. The fourth-order valence-corrected chi connectivity index (χ4v) is 2.81. The second kappa shape index (κ2) is 9.80. The molecule has 2 N–H and O–H groups in total. The SMILES string of the molecule is CNC(=O)c1cc(NC(=O)COc2ccc(Oc3ccc(C)cc3)cc2)ccc1Cl. The molecule has 3 aromatic rings. The van der Waals surface area contributed by atoms with Gasteiger partial charge in [0.15, 0.2) is 6.61 Å². The van der Waals surface area contributed by atoms with Gasteiger partial charge in [0.25, 0.3) is 11.8 Å². The quantitative estimate of drug-likeness (QED) is 0.570. The van der Waals surface area contributed by atoms with E-state index in [1.54, 1.807) is 36.4 Å². The van der Waals surface area contributed by atoms with Crippen LogP contribution in [0.15, 0.2) is 66.7 Å². The number of hydrogen-bond acceptors (Lipinski definition) is 4. The molecule has 154 valence electrons. The van der Waals surface area contributed by atoms with Crippen molar-refractivity contribution in [1.82, 2.24) is 5.32 Å². The summed E-state index contributed by atoms with van der Waals surface area (Å²) in [6.45, 7) is 1.83. The Labute approximate surface area is 179 Å². The summed E-state index contributed by atoms with van der Waals surface area (Å²) in [6.07, 6.45) is 0. The summed E-state index contributed by atoms with van der Waals surface area (Å²) >= 11 is 6.01. The molecule has 0 heterocycles. The molecule has 0 aliphatic rings. The van der Waals surface area contributed by atoms with Gasteiger partial charge in [0.2, 0.25) is 0 Å². The predicted molar refractivity (Wildman–Crippen MR) is 117 cm³/mol. The van der Waals surface area contributed by atoms with Crippen LogP contribution in [0.2, 0.25) is 5.02 Å². The minimum Gasteiger partial charge on any atom is -0.484 e. The smallest absolute Gasteiger partial charge is 0.262 e. The average molecular weight is 425 g/mol. The number of ether oxygens (including phenoxy) is 2. The van der Waals surface area contributed by atoms with Crippen LogP contribution >= 0.6 is 11.6 Å². The Hall–Kier alpha value is -3.51. The highest BCUT2D eigenvalue weighted by atomic mass is 35.5. The molecule has 0 aromatic heterocycles. The molecule has 0 aliphatic carbocycles. The zero-order valence-corrected chi connectivity index (χ0v) is 17.3. The fraction of sp³-hybridized carbons (Fsp3) is 0.130. The van der Waals surface area contributed by atoms with Crippen molar-refractivity contribution in [2.24, 2.45) is 0 Å². The van der Waals surface area contributed by atoms with Crippen molar-refractivity contribution in [3.8, 4) is 17.2 Å². The molecule has 3 aromatic carbocycles. The van der Waals surface area contributed by atoms with Gasteiger partial charge in [0.1, 0.15) is 17.2 Å². The summed E-state index contributed by atoms with van der Waals surface area (Å²) in [5.74, 6) is 1.25. The van der Waals surface area contributed by atoms with Crippen LogP contribution in [0.5, 0.6) is 17.2 Å². The Balaban J connectivity index is 1.53.